The van der Waals surface area contributed by atoms with Gasteiger partial charge in [0.1, 0.15) is 13.2 Å². The summed E-state index contributed by atoms with van der Waals surface area (Å²) >= 11 is 0. The molecule has 0 spiro atoms. The largest absolute Gasteiger partial charge is 0.462 e. The van der Waals surface area contributed by atoms with Crippen LogP contribution in [0.2, 0.25) is 0 Å². The topological polar surface area (TPSA) is 78.9 Å². The minimum Gasteiger partial charge on any atom is -0.462 e. The lowest BCUT2D eigenvalue weighted by molar-refractivity contribution is -0.167. The van der Waals surface area contributed by atoms with Gasteiger partial charge in [-0.1, -0.05) is 276 Å². The van der Waals surface area contributed by atoms with E-state index in [2.05, 4.69) is 57.2 Å². The SMILES string of the molecule is CCCCCCCC/C=C\CCCCCCCCCCCC(=O)OC[C@H](COC(=O)CCCCCCCCC/C=C\CCCCCCCC)OC(=O)CCCCCCCCCCC/C=C\CCCCCCCC. The third-order valence-corrected chi connectivity index (χ3v) is 14.6. The lowest BCUT2D eigenvalue weighted by Gasteiger charge is -2.18. The summed E-state index contributed by atoms with van der Waals surface area (Å²) in [5.74, 6) is -0.857. The molecule has 0 aromatic carbocycles. The van der Waals surface area contributed by atoms with Gasteiger partial charge < -0.3 is 14.2 Å². The zero-order chi connectivity index (χ0) is 52.9. The number of allylic oxidation sites excluding steroid dienone is 6. The lowest BCUT2D eigenvalue weighted by atomic mass is 10.1. The Morgan fingerprint density at radius 1 is 0.260 bits per heavy atom. The Balaban J connectivity index is 4.34. The molecule has 0 amide bonds. The third-order valence-electron chi connectivity index (χ3n) is 14.6. The monoisotopic (exact) mass is 1020 g/mol. The molecule has 428 valence electrons. The number of esters is 3. The van der Waals surface area contributed by atoms with E-state index in [1.54, 1.807) is 0 Å². The van der Waals surface area contributed by atoms with Gasteiger partial charge in [-0.25, -0.2) is 0 Å². The van der Waals surface area contributed by atoms with Crippen molar-refractivity contribution in [3.05, 3.63) is 36.5 Å². The van der Waals surface area contributed by atoms with Crippen LogP contribution in [0.15, 0.2) is 36.5 Å². The Bertz CT molecular complexity index is 1220. The van der Waals surface area contributed by atoms with Crippen molar-refractivity contribution >= 4 is 17.9 Å². The van der Waals surface area contributed by atoms with Gasteiger partial charge in [0, 0.05) is 19.3 Å². The molecule has 1 atom stereocenters. The van der Waals surface area contributed by atoms with E-state index < -0.39 is 6.10 Å². The molecule has 0 saturated carbocycles. The van der Waals surface area contributed by atoms with Crippen LogP contribution < -0.4 is 0 Å². The summed E-state index contributed by atoms with van der Waals surface area (Å²) in [7, 11) is 0. The second-order valence-electron chi connectivity index (χ2n) is 22.0. The minimum absolute atomic E-state index is 0.0723. The van der Waals surface area contributed by atoms with Gasteiger partial charge in [-0.2, -0.15) is 0 Å². The minimum atomic E-state index is -0.775. The van der Waals surface area contributed by atoms with Crippen LogP contribution in [0.1, 0.15) is 355 Å². The van der Waals surface area contributed by atoms with Gasteiger partial charge in [0.15, 0.2) is 6.10 Å². The fourth-order valence-corrected chi connectivity index (χ4v) is 9.67. The van der Waals surface area contributed by atoms with Crippen molar-refractivity contribution in [3.8, 4) is 0 Å². The molecule has 0 N–H and O–H groups in total. The Hall–Kier alpha value is -2.37. The lowest BCUT2D eigenvalue weighted by Crippen LogP contribution is -2.30. The van der Waals surface area contributed by atoms with Gasteiger partial charge in [0.2, 0.25) is 0 Å². The molecule has 0 rings (SSSR count). The normalized spacial score (nSPS) is 12.2. The molecular weight excluding hydrogens is 901 g/mol. The first-order chi connectivity index (χ1) is 36.0. The molecule has 0 aliphatic rings. The zero-order valence-corrected chi connectivity index (χ0v) is 49.2. The highest BCUT2D eigenvalue weighted by Crippen LogP contribution is 2.17. The number of rotatable bonds is 60. The van der Waals surface area contributed by atoms with E-state index >= 15 is 0 Å². The molecule has 0 bridgehead atoms. The standard InChI is InChI=1S/C67H124O6/c1-4-7-10-13-16-19-22-25-28-31-33-36-39-42-45-48-51-54-57-60-66(69)72-63-64(62-71-65(68)59-56-53-50-47-44-41-38-35-30-27-24-21-18-15-12-9-6-3)73-67(70)61-58-55-52-49-46-43-40-37-34-32-29-26-23-20-17-14-11-8-5-2/h25-30,64H,4-24,31-63H2,1-3H3/b28-25-,29-26-,30-27-/t64-/m0/s1. The number of hydrogen-bond acceptors (Lipinski definition) is 6. The van der Waals surface area contributed by atoms with E-state index in [0.29, 0.717) is 19.3 Å². The highest BCUT2D eigenvalue weighted by atomic mass is 16.6. The van der Waals surface area contributed by atoms with E-state index in [9.17, 15) is 14.4 Å². The van der Waals surface area contributed by atoms with Crippen LogP contribution in [-0.2, 0) is 28.6 Å². The first kappa shape index (κ1) is 70.6. The average molecular weight is 1030 g/mol. The molecule has 0 heterocycles. The second kappa shape index (κ2) is 62.2. The van der Waals surface area contributed by atoms with Crippen LogP contribution in [0.25, 0.3) is 0 Å². The number of carbonyl (C=O) groups is 3. The van der Waals surface area contributed by atoms with Gasteiger partial charge in [-0.3, -0.25) is 14.4 Å². The van der Waals surface area contributed by atoms with Crippen molar-refractivity contribution in [3.63, 3.8) is 0 Å². The number of ether oxygens (including phenoxy) is 3. The highest BCUT2D eigenvalue weighted by molar-refractivity contribution is 5.71. The summed E-state index contributed by atoms with van der Waals surface area (Å²) < 4.78 is 17.0. The van der Waals surface area contributed by atoms with Crippen molar-refractivity contribution in [2.24, 2.45) is 0 Å². The number of unbranched alkanes of at least 4 members (excludes halogenated alkanes) is 43. The predicted molar refractivity (Wildman–Crippen MR) is 316 cm³/mol. The van der Waals surface area contributed by atoms with Crippen LogP contribution in [0.5, 0.6) is 0 Å². The van der Waals surface area contributed by atoms with Crippen molar-refractivity contribution in [2.45, 2.75) is 361 Å². The summed E-state index contributed by atoms with van der Waals surface area (Å²) in [5.41, 5.74) is 0. The first-order valence-electron chi connectivity index (χ1n) is 32.5. The summed E-state index contributed by atoms with van der Waals surface area (Å²) in [6.45, 7) is 6.68. The Morgan fingerprint density at radius 3 is 0.685 bits per heavy atom. The molecule has 6 nitrogen and oxygen atoms in total. The summed E-state index contributed by atoms with van der Waals surface area (Å²) in [6, 6.07) is 0. The smallest absolute Gasteiger partial charge is 0.306 e. The maximum atomic E-state index is 12.9. The maximum Gasteiger partial charge on any atom is 0.306 e. The van der Waals surface area contributed by atoms with Crippen LogP contribution in [-0.4, -0.2) is 37.2 Å². The van der Waals surface area contributed by atoms with Crippen molar-refractivity contribution in [1.29, 1.82) is 0 Å². The van der Waals surface area contributed by atoms with Crippen LogP contribution in [0.4, 0.5) is 0 Å². The van der Waals surface area contributed by atoms with Gasteiger partial charge in [0.25, 0.3) is 0 Å². The average Bonchev–Trinajstić information content (AvgIpc) is 3.39. The molecular formula is C67H124O6. The van der Waals surface area contributed by atoms with Crippen molar-refractivity contribution in [1.82, 2.24) is 0 Å². The first-order valence-corrected chi connectivity index (χ1v) is 32.5. The van der Waals surface area contributed by atoms with E-state index in [0.717, 1.165) is 57.8 Å². The number of carbonyl (C=O) groups excluding carboxylic acids is 3. The summed E-state index contributed by atoms with van der Waals surface area (Å²) in [6.07, 6.45) is 75.7. The molecule has 0 radical (unpaired) electrons. The molecule has 0 saturated heterocycles. The maximum absolute atomic E-state index is 12.9. The van der Waals surface area contributed by atoms with Gasteiger partial charge in [0.05, 0.1) is 0 Å². The summed E-state index contributed by atoms with van der Waals surface area (Å²) in [5, 5.41) is 0. The fraction of sp³-hybridized carbons (Fsp3) is 0.866. The van der Waals surface area contributed by atoms with Crippen LogP contribution in [0.3, 0.4) is 0 Å². The van der Waals surface area contributed by atoms with Crippen molar-refractivity contribution < 1.29 is 28.6 Å². The van der Waals surface area contributed by atoms with E-state index in [1.165, 1.54) is 257 Å². The molecule has 0 aromatic heterocycles. The van der Waals surface area contributed by atoms with E-state index in [4.69, 9.17) is 14.2 Å². The fourth-order valence-electron chi connectivity index (χ4n) is 9.67. The molecule has 0 fully saturated rings. The molecule has 73 heavy (non-hydrogen) atoms. The number of hydrogen-bond donors (Lipinski definition) is 0. The molecule has 0 aliphatic carbocycles. The van der Waals surface area contributed by atoms with Gasteiger partial charge in [-0.05, 0) is 96.3 Å². The highest BCUT2D eigenvalue weighted by Gasteiger charge is 2.19. The zero-order valence-electron chi connectivity index (χ0n) is 49.2. The predicted octanol–water partition coefficient (Wildman–Crippen LogP) is 22.0. The second-order valence-corrected chi connectivity index (χ2v) is 22.0. The Labute approximate surface area is 455 Å². The molecule has 0 aromatic rings. The van der Waals surface area contributed by atoms with Gasteiger partial charge >= 0.3 is 17.9 Å². The van der Waals surface area contributed by atoms with E-state index in [-0.39, 0.29) is 31.1 Å². The van der Waals surface area contributed by atoms with Gasteiger partial charge in [-0.15, -0.1) is 0 Å². The van der Waals surface area contributed by atoms with Crippen molar-refractivity contribution in [2.75, 3.05) is 13.2 Å². The third kappa shape index (κ3) is 60.4. The Morgan fingerprint density at radius 2 is 0.452 bits per heavy atom. The Kier molecular flexibility index (Phi) is 60.2. The van der Waals surface area contributed by atoms with Crippen LogP contribution >= 0.6 is 0 Å². The summed E-state index contributed by atoms with van der Waals surface area (Å²) in [4.78, 5) is 38.3. The van der Waals surface area contributed by atoms with Crippen LogP contribution in [0, 0.1) is 0 Å². The van der Waals surface area contributed by atoms with E-state index in [1.807, 2.05) is 0 Å². The quantitative estimate of drug-likeness (QED) is 0.0261. The molecule has 6 heteroatoms. The molecule has 0 aliphatic heterocycles. The molecule has 0 unspecified atom stereocenters.